The summed E-state index contributed by atoms with van der Waals surface area (Å²) in [5.41, 5.74) is 3.19. The fraction of sp³-hybridized carbons (Fsp3) is 0.455. The monoisotopic (exact) mass is 386 g/mol. The number of hydrogen-bond donors (Lipinski definition) is 2. The van der Waals surface area contributed by atoms with Crippen LogP contribution in [0.3, 0.4) is 0 Å². The van der Waals surface area contributed by atoms with Gasteiger partial charge in [-0.3, -0.25) is 9.78 Å². The molecular formula is C22H24F2N2O2. The van der Waals surface area contributed by atoms with Crippen LogP contribution in [0.4, 0.5) is 8.78 Å². The van der Waals surface area contributed by atoms with Gasteiger partial charge < -0.3 is 10.4 Å². The van der Waals surface area contributed by atoms with Crippen molar-refractivity contribution in [3.8, 4) is 0 Å². The minimum atomic E-state index is -2.49. The molecule has 0 saturated heterocycles. The maximum Gasteiger partial charge on any atom is 0.253 e. The molecule has 2 aliphatic carbocycles. The molecule has 1 fully saturated rings. The first-order chi connectivity index (χ1) is 13.3. The van der Waals surface area contributed by atoms with Gasteiger partial charge in [0.05, 0.1) is 17.7 Å². The van der Waals surface area contributed by atoms with Gasteiger partial charge in [0.1, 0.15) is 0 Å². The highest BCUT2D eigenvalue weighted by Crippen LogP contribution is 2.59. The summed E-state index contributed by atoms with van der Waals surface area (Å²) in [7, 11) is 0. The molecule has 2 N–H and O–H groups in total. The Hall–Kier alpha value is -2.34. The zero-order chi connectivity index (χ0) is 19.9. The number of para-hydroxylation sites is 1. The van der Waals surface area contributed by atoms with E-state index in [0.717, 1.165) is 34.9 Å². The van der Waals surface area contributed by atoms with Crippen molar-refractivity contribution >= 4 is 22.4 Å². The Bertz CT molecular complexity index is 947. The number of aliphatic hydroxyl groups excluding tert-OH is 1. The van der Waals surface area contributed by atoms with Gasteiger partial charge >= 0.3 is 0 Å². The van der Waals surface area contributed by atoms with Crippen molar-refractivity contribution in [1.82, 2.24) is 10.3 Å². The molecule has 2 aromatic rings. The van der Waals surface area contributed by atoms with Gasteiger partial charge in [0.25, 0.3) is 5.91 Å². The van der Waals surface area contributed by atoms with E-state index in [1.54, 1.807) is 19.2 Å². The van der Waals surface area contributed by atoms with Crippen LogP contribution in [0.5, 0.6) is 0 Å². The summed E-state index contributed by atoms with van der Waals surface area (Å²) in [4.78, 5) is 16.8. The Kier molecular flexibility index (Phi) is 4.70. The Morgan fingerprint density at radius 2 is 2.14 bits per heavy atom. The maximum atomic E-state index is 13.3. The van der Waals surface area contributed by atoms with E-state index in [-0.39, 0.29) is 36.8 Å². The quantitative estimate of drug-likeness (QED) is 0.822. The van der Waals surface area contributed by atoms with E-state index >= 15 is 0 Å². The lowest BCUT2D eigenvalue weighted by atomic mass is 9.59. The van der Waals surface area contributed by atoms with Crippen molar-refractivity contribution in [3.05, 3.63) is 47.7 Å². The average molecular weight is 386 g/mol. The highest BCUT2D eigenvalue weighted by Gasteiger charge is 2.55. The summed E-state index contributed by atoms with van der Waals surface area (Å²) in [6.45, 7) is 1.60. The number of allylic oxidation sites excluding steroid dienone is 2. The van der Waals surface area contributed by atoms with E-state index < -0.39 is 5.92 Å². The minimum absolute atomic E-state index is 0.00228. The molecule has 1 aromatic heterocycles. The second-order valence-electron chi connectivity index (χ2n) is 8.30. The van der Waals surface area contributed by atoms with Crippen LogP contribution < -0.4 is 5.32 Å². The lowest BCUT2D eigenvalue weighted by molar-refractivity contribution is -0.163. The van der Waals surface area contributed by atoms with Crippen LogP contribution in [0, 0.1) is 5.41 Å². The molecule has 0 radical (unpaired) electrons. The second kappa shape index (κ2) is 6.92. The molecule has 1 amide bonds. The SMILES string of the molecule is C[C@H](CO)NC(=O)c1cnc2c(C3=CCC4(CC3)CC(F)(F)C4)cccc2c1. The fourth-order valence-corrected chi connectivity index (χ4v) is 4.45. The van der Waals surface area contributed by atoms with Gasteiger partial charge in [-0.25, -0.2) is 8.78 Å². The predicted molar refractivity (Wildman–Crippen MR) is 104 cm³/mol. The number of hydrogen-bond acceptors (Lipinski definition) is 3. The van der Waals surface area contributed by atoms with Gasteiger partial charge in [0, 0.05) is 36.0 Å². The number of fused-ring (bicyclic) bond motifs is 1. The van der Waals surface area contributed by atoms with Gasteiger partial charge in [0.15, 0.2) is 0 Å². The van der Waals surface area contributed by atoms with E-state index in [9.17, 15) is 13.6 Å². The Balaban J connectivity index is 1.58. The van der Waals surface area contributed by atoms with E-state index in [1.165, 1.54) is 0 Å². The van der Waals surface area contributed by atoms with Crippen molar-refractivity contribution in [2.45, 2.75) is 51.0 Å². The minimum Gasteiger partial charge on any atom is -0.394 e. The molecule has 1 heterocycles. The van der Waals surface area contributed by atoms with Crippen LogP contribution in [-0.2, 0) is 0 Å². The van der Waals surface area contributed by atoms with Crippen LogP contribution in [-0.4, -0.2) is 34.6 Å². The van der Waals surface area contributed by atoms with Crippen LogP contribution in [0.25, 0.3) is 16.5 Å². The normalized spacial score (nSPS) is 21.1. The van der Waals surface area contributed by atoms with Crippen molar-refractivity contribution < 1.29 is 18.7 Å². The summed E-state index contributed by atoms with van der Waals surface area (Å²) in [5.74, 6) is -2.76. The van der Waals surface area contributed by atoms with Crippen molar-refractivity contribution in [2.24, 2.45) is 5.41 Å². The number of rotatable bonds is 4. The molecule has 4 nitrogen and oxygen atoms in total. The van der Waals surface area contributed by atoms with Crippen molar-refractivity contribution in [2.75, 3.05) is 6.61 Å². The summed E-state index contributed by atoms with van der Waals surface area (Å²) in [6, 6.07) is 7.31. The molecule has 0 aliphatic heterocycles. The van der Waals surface area contributed by atoms with Crippen LogP contribution in [0.2, 0.25) is 0 Å². The second-order valence-corrected chi connectivity index (χ2v) is 8.30. The Morgan fingerprint density at radius 3 is 2.79 bits per heavy atom. The molecule has 1 atom stereocenters. The van der Waals surface area contributed by atoms with E-state index in [4.69, 9.17) is 5.11 Å². The van der Waals surface area contributed by atoms with Gasteiger partial charge in [-0.15, -0.1) is 0 Å². The topological polar surface area (TPSA) is 62.2 Å². The standard InChI is InChI=1S/C22H24F2N2O2/c1-14(11-27)26-20(28)17-9-16-3-2-4-18(19(16)25-10-17)15-5-7-21(8-6-15)12-22(23,24)13-21/h2-5,9-10,14,27H,6-8,11-13H2,1H3,(H,26,28)/t14-/m1/s1. The van der Waals surface area contributed by atoms with Crippen LogP contribution in [0.1, 0.15) is 54.9 Å². The highest BCUT2D eigenvalue weighted by molar-refractivity contribution is 5.99. The van der Waals surface area contributed by atoms with E-state index in [2.05, 4.69) is 16.4 Å². The molecule has 1 aromatic carbocycles. The lowest BCUT2D eigenvalue weighted by Gasteiger charge is -2.49. The Morgan fingerprint density at radius 1 is 1.36 bits per heavy atom. The summed E-state index contributed by atoms with van der Waals surface area (Å²) >= 11 is 0. The van der Waals surface area contributed by atoms with Gasteiger partial charge in [-0.2, -0.15) is 0 Å². The number of amides is 1. The molecule has 28 heavy (non-hydrogen) atoms. The van der Waals surface area contributed by atoms with Gasteiger partial charge in [-0.1, -0.05) is 24.3 Å². The third-order valence-corrected chi connectivity index (χ3v) is 5.94. The molecule has 4 rings (SSSR count). The van der Waals surface area contributed by atoms with Crippen LogP contribution in [0.15, 0.2) is 36.5 Å². The van der Waals surface area contributed by atoms with Gasteiger partial charge in [0.2, 0.25) is 5.92 Å². The number of nitrogens with zero attached hydrogens (tertiary/aromatic N) is 1. The number of pyridine rings is 1. The summed E-state index contributed by atoms with van der Waals surface area (Å²) in [5, 5.41) is 12.7. The van der Waals surface area contributed by atoms with Crippen molar-refractivity contribution in [3.63, 3.8) is 0 Å². The number of aliphatic hydroxyl groups is 1. The maximum absolute atomic E-state index is 13.3. The lowest BCUT2D eigenvalue weighted by Crippen LogP contribution is -2.46. The van der Waals surface area contributed by atoms with Crippen LogP contribution >= 0.6 is 0 Å². The zero-order valence-corrected chi connectivity index (χ0v) is 15.8. The number of alkyl halides is 2. The van der Waals surface area contributed by atoms with E-state index in [0.29, 0.717) is 12.0 Å². The molecule has 1 spiro atoms. The molecular weight excluding hydrogens is 362 g/mol. The molecule has 2 aliphatic rings. The third kappa shape index (κ3) is 3.53. The smallest absolute Gasteiger partial charge is 0.253 e. The number of carbonyl (C=O) groups excluding carboxylic acids is 1. The highest BCUT2D eigenvalue weighted by atomic mass is 19.3. The van der Waals surface area contributed by atoms with E-state index in [1.807, 2.05) is 18.2 Å². The van der Waals surface area contributed by atoms with Crippen molar-refractivity contribution in [1.29, 1.82) is 0 Å². The predicted octanol–water partition coefficient (Wildman–Crippen LogP) is 4.33. The largest absolute Gasteiger partial charge is 0.394 e. The first-order valence-corrected chi connectivity index (χ1v) is 9.69. The average Bonchev–Trinajstić information content (AvgIpc) is 2.66. The first-order valence-electron chi connectivity index (χ1n) is 9.69. The summed E-state index contributed by atoms with van der Waals surface area (Å²) in [6.07, 6.45) is 5.89. The molecule has 148 valence electrons. The fourth-order valence-electron chi connectivity index (χ4n) is 4.45. The number of nitrogens with one attached hydrogen (secondary N) is 1. The molecule has 0 bridgehead atoms. The molecule has 0 unspecified atom stereocenters. The summed E-state index contributed by atoms with van der Waals surface area (Å²) < 4.78 is 26.6. The number of benzene rings is 1. The third-order valence-electron chi connectivity index (χ3n) is 5.94. The molecule has 6 heteroatoms. The molecule has 1 saturated carbocycles. The number of aromatic nitrogens is 1. The zero-order valence-electron chi connectivity index (χ0n) is 15.8. The van der Waals surface area contributed by atoms with Gasteiger partial charge in [-0.05, 0) is 43.2 Å². The number of carbonyl (C=O) groups is 1. The first kappa shape index (κ1) is 19.0. The Labute approximate surface area is 162 Å². The number of halogens is 2.